The van der Waals surface area contributed by atoms with Crippen LogP contribution in [-0.2, 0) is 6.54 Å². The lowest BCUT2D eigenvalue weighted by atomic mass is 10.2. The normalized spacial score (nSPS) is 11.0. The van der Waals surface area contributed by atoms with E-state index in [1.165, 1.54) is 0 Å². The second kappa shape index (κ2) is 6.45. The minimum atomic E-state index is 0.310. The van der Waals surface area contributed by atoms with Crippen molar-refractivity contribution in [3.8, 4) is 17.1 Å². The minimum Gasteiger partial charge on any atom is -0.497 e. The number of aromatic nitrogens is 6. The van der Waals surface area contributed by atoms with Gasteiger partial charge in [-0.05, 0) is 23.8 Å². The Morgan fingerprint density at radius 2 is 1.92 bits per heavy atom. The van der Waals surface area contributed by atoms with Crippen LogP contribution >= 0.6 is 11.6 Å². The largest absolute Gasteiger partial charge is 0.497 e. The van der Waals surface area contributed by atoms with Crippen LogP contribution in [0.15, 0.2) is 48.9 Å². The van der Waals surface area contributed by atoms with Crippen LogP contribution in [0.1, 0.15) is 5.56 Å². The van der Waals surface area contributed by atoms with E-state index in [0.29, 0.717) is 28.6 Å². The van der Waals surface area contributed by atoms with Gasteiger partial charge in [-0.2, -0.15) is 15.3 Å². The summed E-state index contributed by atoms with van der Waals surface area (Å²) in [5.74, 6) is 1.32. The zero-order chi connectivity index (χ0) is 17.2. The Balaban J connectivity index is 1.68. The van der Waals surface area contributed by atoms with Crippen LogP contribution in [0.25, 0.3) is 22.4 Å². The molecule has 4 rings (SSSR count). The number of hydrogen-bond acceptors (Lipinski definition) is 6. The number of fused-ring (bicyclic) bond motifs is 1. The summed E-state index contributed by atoms with van der Waals surface area (Å²) >= 11 is 6.29. The topological polar surface area (TPSA) is 78.6 Å². The van der Waals surface area contributed by atoms with Gasteiger partial charge < -0.3 is 4.74 Å². The molecule has 0 aliphatic heterocycles. The quantitative estimate of drug-likeness (QED) is 0.525. The molecule has 0 amide bonds. The smallest absolute Gasteiger partial charge is 0.163 e. The summed E-state index contributed by atoms with van der Waals surface area (Å²) in [6, 6.07) is 9.60. The fourth-order valence-electron chi connectivity index (χ4n) is 2.48. The van der Waals surface area contributed by atoms with Gasteiger partial charge in [-0.3, -0.25) is 4.68 Å². The predicted octanol–water partition coefficient (Wildman–Crippen LogP) is 2.99. The highest BCUT2D eigenvalue weighted by Crippen LogP contribution is 2.23. The molecule has 0 fully saturated rings. The fraction of sp³-hybridized carbons (Fsp3) is 0.118. The molecule has 3 heterocycles. The summed E-state index contributed by atoms with van der Waals surface area (Å²) in [5, 5.41) is 12.4. The lowest BCUT2D eigenvalue weighted by Gasteiger charge is -2.03. The summed E-state index contributed by atoms with van der Waals surface area (Å²) in [7, 11) is 1.64. The molecule has 4 aromatic rings. The molecule has 0 radical (unpaired) electrons. The van der Waals surface area contributed by atoms with Gasteiger partial charge in [0.2, 0.25) is 0 Å². The number of ether oxygens (including phenoxy) is 1. The summed E-state index contributed by atoms with van der Waals surface area (Å²) < 4.78 is 6.96. The van der Waals surface area contributed by atoms with Gasteiger partial charge in [0.15, 0.2) is 11.0 Å². The third kappa shape index (κ3) is 3.14. The Kier molecular flexibility index (Phi) is 3.99. The third-order valence-electron chi connectivity index (χ3n) is 3.71. The Bertz CT molecular complexity index is 1020. The Morgan fingerprint density at radius 1 is 1.08 bits per heavy atom. The Morgan fingerprint density at radius 3 is 2.64 bits per heavy atom. The highest BCUT2D eigenvalue weighted by Gasteiger charge is 2.12. The number of halogens is 1. The zero-order valence-electron chi connectivity index (χ0n) is 13.3. The van der Waals surface area contributed by atoms with E-state index in [1.807, 2.05) is 30.5 Å². The molecule has 0 atom stereocenters. The highest BCUT2D eigenvalue weighted by atomic mass is 35.5. The van der Waals surface area contributed by atoms with Crippen molar-refractivity contribution in [3.63, 3.8) is 0 Å². The Hall–Kier alpha value is -3.06. The van der Waals surface area contributed by atoms with E-state index in [4.69, 9.17) is 16.3 Å². The molecule has 0 bridgehead atoms. The molecule has 3 aromatic heterocycles. The molecule has 8 heteroatoms. The minimum absolute atomic E-state index is 0.310. The van der Waals surface area contributed by atoms with Crippen LogP contribution in [0.4, 0.5) is 0 Å². The van der Waals surface area contributed by atoms with Gasteiger partial charge in [-0.25, -0.2) is 9.97 Å². The highest BCUT2D eigenvalue weighted by molar-refractivity contribution is 6.33. The first-order chi connectivity index (χ1) is 12.2. The molecule has 0 saturated heterocycles. The van der Waals surface area contributed by atoms with Crippen molar-refractivity contribution >= 4 is 22.6 Å². The van der Waals surface area contributed by atoms with Gasteiger partial charge in [0.25, 0.3) is 0 Å². The van der Waals surface area contributed by atoms with E-state index in [9.17, 15) is 0 Å². The summed E-state index contributed by atoms with van der Waals surface area (Å²) in [6.07, 6.45) is 5.04. The van der Waals surface area contributed by atoms with Crippen molar-refractivity contribution in [1.29, 1.82) is 0 Å². The number of methoxy groups -OCH3 is 1. The maximum atomic E-state index is 6.29. The second-order valence-electron chi connectivity index (χ2n) is 5.38. The molecular weight excluding hydrogens is 340 g/mol. The Labute approximate surface area is 148 Å². The number of benzene rings is 1. The van der Waals surface area contributed by atoms with E-state index >= 15 is 0 Å². The third-order valence-corrected chi connectivity index (χ3v) is 3.98. The average Bonchev–Trinajstić information content (AvgIpc) is 3.06. The monoisotopic (exact) mass is 352 g/mol. The zero-order valence-corrected chi connectivity index (χ0v) is 14.1. The van der Waals surface area contributed by atoms with Gasteiger partial charge in [-0.1, -0.05) is 23.7 Å². The van der Waals surface area contributed by atoms with Crippen LogP contribution in [0.2, 0.25) is 5.15 Å². The number of nitrogens with zero attached hydrogens (tertiary/aromatic N) is 6. The molecule has 1 aromatic carbocycles. The van der Waals surface area contributed by atoms with Crippen molar-refractivity contribution in [2.24, 2.45) is 0 Å². The molecule has 0 aliphatic carbocycles. The van der Waals surface area contributed by atoms with E-state index in [1.54, 1.807) is 30.3 Å². The van der Waals surface area contributed by atoms with Crippen molar-refractivity contribution in [1.82, 2.24) is 29.9 Å². The molecule has 25 heavy (non-hydrogen) atoms. The molecule has 0 saturated carbocycles. The fourth-order valence-corrected chi connectivity index (χ4v) is 2.69. The van der Waals surface area contributed by atoms with Crippen molar-refractivity contribution in [2.45, 2.75) is 6.54 Å². The maximum absolute atomic E-state index is 6.29. The van der Waals surface area contributed by atoms with Crippen molar-refractivity contribution in [3.05, 3.63) is 59.6 Å². The molecule has 0 spiro atoms. The number of hydrogen-bond donors (Lipinski definition) is 0. The first-order valence-electron chi connectivity index (χ1n) is 7.53. The van der Waals surface area contributed by atoms with Crippen LogP contribution in [0.5, 0.6) is 5.75 Å². The summed E-state index contributed by atoms with van der Waals surface area (Å²) in [6.45, 7) is 0.600. The SMILES string of the molecule is COc1ccc(Cn2cc3nc(-c4ccnnc4)nc(Cl)c3n2)cc1. The molecule has 0 aliphatic rings. The van der Waals surface area contributed by atoms with Crippen LogP contribution in [0, 0.1) is 0 Å². The van der Waals surface area contributed by atoms with E-state index in [-0.39, 0.29) is 0 Å². The first kappa shape index (κ1) is 15.5. The molecule has 124 valence electrons. The second-order valence-corrected chi connectivity index (χ2v) is 5.74. The summed E-state index contributed by atoms with van der Waals surface area (Å²) in [4.78, 5) is 8.84. The molecule has 0 N–H and O–H groups in total. The average molecular weight is 353 g/mol. The lowest BCUT2D eigenvalue weighted by molar-refractivity contribution is 0.414. The van der Waals surface area contributed by atoms with Gasteiger partial charge >= 0.3 is 0 Å². The molecule has 7 nitrogen and oxygen atoms in total. The maximum Gasteiger partial charge on any atom is 0.163 e. The van der Waals surface area contributed by atoms with E-state index in [0.717, 1.165) is 16.9 Å². The van der Waals surface area contributed by atoms with Gasteiger partial charge in [0, 0.05) is 5.56 Å². The van der Waals surface area contributed by atoms with Gasteiger partial charge in [0.1, 0.15) is 16.8 Å². The van der Waals surface area contributed by atoms with E-state index in [2.05, 4.69) is 25.3 Å². The van der Waals surface area contributed by atoms with E-state index < -0.39 is 0 Å². The standard InChI is InChI=1S/C17H13ClN6O/c1-25-13-4-2-11(3-5-13)9-24-10-14-15(23-24)16(18)22-17(21-14)12-6-7-19-20-8-12/h2-8,10H,9H2,1H3. The van der Waals surface area contributed by atoms with Crippen LogP contribution < -0.4 is 4.74 Å². The van der Waals surface area contributed by atoms with Gasteiger partial charge in [0.05, 0.1) is 32.2 Å². The summed E-state index contributed by atoms with van der Waals surface area (Å²) in [5.41, 5.74) is 3.10. The van der Waals surface area contributed by atoms with Gasteiger partial charge in [-0.15, -0.1) is 0 Å². The van der Waals surface area contributed by atoms with Crippen LogP contribution in [-0.4, -0.2) is 37.1 Å². The molecule has 0 unspecified atom stereocenters. The lowest BCUT2D eigenvalue weighted by Crippen LogP contribution is -1.99. The van der Waals surface area contributed by atoms with Crippen molar-refractivity contribution in [2.75, 3.05) is 7.11 Å². The van der Waals surface area contributed by atoms with Crippen molar-refractivity contribution < 1.29 is 4.74 Å². The first-order valence-corrected chi connectivity index (χ1v) is 7.91. The van der Waals surface area contributed by atoms with Crippen LogP contribution in [0.3, 0.4) is 0 Å². The predicted molar refractivity (Wildman–Crippen MR) is 93.5 cm³/mol. The molecular formula is C17H13ClN6O. The number of rotatable bonds is 4.